The van der Waals surface area contributed by atoms with Gasteiger partial charge < -0.3 is 28.5 Å². The number of nitrogens with zero attached hydrogens (tertiary/aromatic N) is 7. The second-order valence-electron chi connectivity index (χ2n) is 19.6. The summed E-state index contributed by atoms with van der Waals surface area (Å²) < 4.78 is 21.9. The number of aromatic carboxylic acids is 1. The smallest absolute Gasteiger partial charge is 0.358 e. The molecule has 2 unspecified atom stereocenters. The molecule has 18 heteroatoms. The zero-order valence-electron chi connectivity index (χ0n) is 41.4. The van der Waals surface area contributed by atoms with E-state index in [4.69, 9.17) is 23.6 Å². The second kappa shape index (κ2) is 18.5. The Labute approximate surface area is 414 Å². The van der Waals surface area contributed by atoms with Gasteiger partial charge in [-0.05, 0) is 60.7 Å². The van der Waals surface area contributed by atoms with Crippen molar-refractivity contribution in [3.05, 3.63) is 166 Å². The van der Waals surface area contributed by atoms with Gasteiger partial charge in [-0.1, -0.05) is 88.3 Å². The quantitative estimate of drug-likeness (QED) is 0.116. The van der Waals surface area contributed by atoms with E-state index >= 15 is 0 Å². The normalized spacial score (nSPS) is 15.2. The molecule has 18 nitrogen and oxygen atoms in total. The summed E-state index contributed by atoms with van der Waals surface area (Å²) >= 11 is 0. The number of hydrogen-bond acceptors (Lipinski definition) is 12. The Kier molecular flexibility index (Phi) is 12.4. The first-order valence-corrected chi connectivity index (χ1v) is 23.0. The zero-order valence-corrected chi connectivity index (χ0v) is 41.4. The number of hydrogen-bond donors (Lipinski definition) is 3. The molecule has 0 spiro atoms. The molecule has 0 fully saturated rings. The van der Waals surface area contributed by atoms with E-state index in [1.165, 1.54) is 11.0 Å². The maximum absolute atomic E-state index is 13.7. The predicted octanol–water partition coefficient (Wildman–Crippen LogP) is 9.64. The van der Waals surface area contributed by atoms with Crippen LogP contribution in [0.2, 0.25) is 0 Å². The van der Waals surface area contributed by atoms with Crippen molar-refractivity contribution in [1.29, 1.82) is 0 Å². The largest absolute Gasteiger partial charge is 0.496 e. The second-order valence-corrected chi connectivity index (χ2v) is 19.6. The van der Waals surface area contributed by atoms with Gasteiger partial charge in [-0.25, -0.2) is 4.79 Å². The highest BCUT2D eigenvalue weighted by atomic mass is 16.5. The number of para-hydroxylation sites is 2. The Hall–Kier alpha value is -8.80. The Morgan fingerprint density at radius 1 is 0.611 bits per heavy atom. The Morgan fingerprint density at radius 2 is 1.00 bits per heavy atom. The fourth-order valence-electron chi connectivity index (χ4n) is 9.16. The van der Waals surface area contributed by atoms with Crippen LogP contribution in [0.15, 0.2) is 118 Å². The molecule has 0 bridgehead atoms. The minimum atomic E-state index is -1.16. The van der Waals surface area contributed by atoms with Gasteiger partial charge in [0.25, 0.3) is 17.7 Å². The summed E-state index contributed by atoms with van der Waals surface area (Å²) in [6, 6.07) is 32.0. The molecule has 0 saturated carbocycles. The van der Waals surface area contributed by atoms with Gasteiger partial charge in [0.2, 0.25) is 0 Å². The van der Waals surface area contributed by atoms with E-state index in [1.54, 1.807) is 68.4 Å². The summed E-state index contributed by atoms with van der Waals surface area (Å²) in [4.78, 5) is 55.6. The molecule has 72 heavy (non-hydrogen) atoms. The molecule has 2 atom stereocenters. The number of anilines is 2. The zero-order chi connectivity index (χ0) is 51.4. The highest BCUT2D eigenvalue weighted by Crippen LogP contribution is 2.49. The number of rotatable bonds is 10. The number of carboxylic acid groups (broad SMARTS) is 1. The van der Waals surface area contributed by atoms with Gasteiger partial charge in [0.1, 0.15) is 11.5 Å². The fraction of sp³-hybridized carbons (Fsp3) is 0.259. The van der Waals surface area contributed by atoms with Gasteiger partial charge >= 0.3 is 5.97 Å². The lowest BCUT2D eigenvalue weighted by atomic mass is 9.85. The van der Waals surface area contributed by atoms with Crippen molar-refractivity contribution in [2.45, 2.75) is 64.5 Å². The van der Waals surface area contributed by atoms with E-state index in [1.807, 2.05) is 72.8 Å². The van der Waals surface area contributed by atoms with Crippen molar-refractivity contribution in [2.75, 3.05) is 38.1 Å². The maximum atomic E-state index is 13.7. The van der Waals surface area contributed by atoms with Crippen molar-refractivity contribution in [3.8, 4) is 34.1 Å². The number of methoxy groups -OCH3 is 2. The van der Waals surface area contributed by atoms with Crippen molar-refractivity contribution >= 4 is 35.1 Å². The fourth-order valence-corrected chi connectivity index (χ4v) is 9.16. The number of amides is 3. The number of nitrogens with one attached hydrogen (secondary N) is 2. The number of aromatic nitrogens is 6. The molecule has 0 aliphatic carbocycles. The lowest BCUT2D eigenvalue weighted by Gasteiger charge is -2.29. The maximum Gasteiger partial charge on any atom is 0.358 e. The number of aromatic amines is 2. The van der Waals surface area contributed by atoms with E-state index in [0.29, 0.717) is 51.3 Å². The molecule has 4 aromatic carbocycles. The van der Waals surface area contributed by atoms with Crippen LogP contribution < -0.4 is 19.3 Å². The number of benzene rings is 4. The van der Waals surface area contributed by atoms with Crippen LogP contribution in [0.3, 0.4) is 0 Å². The predicted molar refractivity (Wildman–Crippen MR) is 267 cm³/mol. The van der Waals surface area contributed by atoms with Crippen LogP contribution in [-0.4, -0.2) is 92.7 Å². The van der Waals surface area contributed by atoms with E-state index in [0.717, 1.165) is 39.2 Å². The van der Waals surface area contributed by atoms with Gasteiger partial charge in [0, 0.05) is 93.2 Å². The Morgan fingerprint density at radius 3 is 1.36 bits per heavy atom. The van der Waals surface area contributed by atoms with Crippen LogP contribution in [0, 0.1) is 0 Å². The van der Waals surface area contributed by atoms with E-state index in [-0.39, 0.29) is 39.9 Å². The molecule has 4 aromatic heterocycles. The van der Waals surface area contributed by atoms with Crippen LogP contribution in [0.4, 0.5) is 11.4 Å². The highest BCUT2D eigenvalue weighted by Gasteiger charge is 2.47. The van der Waals surface area contributed by atoms with Gasteiger partial charge in [0.05, 0.1) is 26.3 Å². The molecule has 0 saturated heterocycles. The van der Waals surface area contributed by atoms with E-state index < -0.39 is 18.1 Å². The Bertz CT molecular complexity index is 3350. The third kappa shape index (κ3) is 8.54. The Balaban J connectivity index is 0.000000178. The average molecular weight is 972 g/mol. The van der Waals surface area contributed by atoms with Crippen molar-refractivity contribution in [2.24, 2.45) is 0 Å². The summed E-state index contributed by atoms with van der Waals surface area (Å²) in [5.74, 6) is 0.340. The number of H-pyrrole nitrogens is 2. The number of carbonyl (C=O) groups excluding carboxylic acids is 3. The average Bonchev–Trinajstić information content (AvgIpc) is 4.23. The molecule has 368 valence electrons. The van der Waals surface area contributed by atoms with Crippen molar-refractivity contribution < 1.29 is 42.8 Å². The molecule has 3 amide bonds. The minimum absolute atomic E-state index is 0.171. The molecule has 0 radical (unpaired) electrons. The monoisotopic (exact) mass is 971 g/mol. The summed E-state index contributed by atoms with van der Waals surface area (Å²) in [6.07, 6.45) is 0. The molecule has 10 rings (SSSR count). The van der Waals surface area contributed by atoms with Crippen LogP contribution in [-0.2, 0) is 10.8 Å². The number of carboxylic acids is 1. The molecular formula is C54H53N9O9. The van der Waals surface area contributed by atoms with Crippen molar-refractivity contribution in [1.82, 2.24) is 35.6 Å². The first-order chi connectivity index (χ1) is 34.3. The van der Waals surface area contributed by atoms with Gasteiger partial charge in [-0.15, -0.1) is 0 Å². The summed E-state index contributed by atoms with van der Waals surface area (Å²) in [6.45, 7) is 12.5. The molecule has 2 aliphatic heterocycles. The molecular weight excluding hydrogens is 919 g/mol. The van der Waals surface area contributed by atoms with Crippen LogP contribution >= 0.6 is 0 Å². The molecule has 8 aromatic rings. The van der Waals surface area contributed by atoms with Crippen LogP contribution in [0.25, 0.3) is 22.6 Å². The first-order valence-electron chi connectivity index (χ1n) is 23.0. The third-order valence-electron chi connectivity index (χ3n) is 12.6. The molecule has 2 aliphatic rings. The van der Waals surface area contributed by atoms with Crippen molar-refractivity contribution in [3.63, 3.8) is 0 Å². The lowest BCUT2D eigenvalue weighted by molar-refractivity contribution is 0.0684. The van der Waals surface area contributed by atoms with Gasteiger partial charge in [-0.2, -0.15) is 10.2 Å². The minimum Gasteiger partial charge on any atom is -0.496 e. The lowest BCUT2D eigenvalue weighted by Crippen LogP contribution is -2.30. The third-order valence-corrected chi connectivity index (χ3v) is 12.6. The first kappa shape index (κ1) is 48.2. The highest BCUT2D eigenvalue weighted by molar-refractivity contribution is 6.12. The number of ether oxygens (including phenoxy) is 2. The summed E-state index contributed by atoms with van der Waals surface area (Å²) in [7, 11) is 6.56. The number of fused-ring (bicyclic) bond motifs is 2. The van der Waals surface area contributed by atoms with Crippen LogP contribution in [0.5, 0.6) is 11.5 Å². The van der Waals surface area contributed by atoms with Gasteiger partial charge in [0.15, 0.2) is 34.3 Å². The molecule has 3 N–H and O–H groups in total. The van der Waals surface area contributed by atoms with Crippen LogP contribution in [0.1, 0.15) is 129 Å². The van der Waals surface area contributed by atoms with E-state index in [9.17, 15) is 19.2 Å². The standard InChI is InChI=1S/C28H29N5O4.C26H24N4O5/c1-28(2,3)25-22-23(29-30-25)27(35)33(24(22)18-9-7-8-10-20(18)36-6)17-13-11-16(12-14-17)21-15-19(31-37-21)26(34)32(4)5;1-26(2,3)23-20-21(27-28-23)24(31)30(22(20)16-7-5-6-8-18(16)34-4)15-11-9-14(10-12-15)19-13-17(25(32)33)29-35-19/h7-15,24H,1-6H3,(H,29,30);5-13,22H,1-4H3,(H,27,28)(H,32,33). The topological polar surface area (TPSA) is 226 Å². The summed E-state index contributed by atoms with van der Waals surface area (Å²) in [5, 5.41) is 31.6. The summed E-state index contributed by atoms with van der Waals surface area (Å²) in [5.41, 5.74) is 8.27. The van der Waals surface area contributed by atoms with E-state index in [2.05, 4.69) is 72.3 Å². The van der Waals surface area contributed by atoms with Gasteiger partial charge in [-0.3, -0.25) is 34.4 Å². The SMILES string of the molecule is COc1ccccc1C1c2c(n[nH]c2C(C)(C)C)C(=O)N1c1ccc(-c2cc(C(=O)N(C)C)no2)cc1.COc1ccccc1C1c2c(n[nH]c2C(C)(C)C)C(=O)N1c1ccc(-c2cc(C(=O)O)no2)cc1. The molecule has 6 heterocycles. The number of carbonyl (C=O) groups is 4.